The van der Waals surface area contributed by atoms with E-state index in [1.54, 1.807) is 6.20 Å². The van der Waals surface area contributed by atoms with E-state index in [1.807, 2.05) is 24.3 Å². The first kappa shape index (κ1) is 12.0. The van der Waals surface area contributed by atoms with Gasteiger partial charge >= 0.3 is 0 Å². The zero-order chi connectivity index (χ0) is 13.1. The van der Waals surface area contributed by atoms with E-state index in [0.29, 0.717) is 24.1 Å². The van der Waals surface area contributed by atoms with E-state index < -0.39 is 0 Å². The Balaban J connectivity index is 1.61. The van der Waals surface area contributed by atoms with Crippen molar-refractivity contribution in [1.29, 1.82) is 0 Å². The lowest BCUT2D eigenvalue weighted by molar-refractivity contribution is 0.0997. The average molecular weight is 278 g/mol. The SMILES string of the molecule is Clc1cncc(NCC2COc3ccccc3O2)n1. The number of ether oxygens (including phenoxy) is 2. The summed E-state index contributed by atoms with van der Waals surface area (Å²) in [7, 11) is 0. The summed E-state index contributed by atoms with van der Waals surface area (Å²) in [4.78, 5) is 8.05. The molecule has 0 saturated carbocycles. The zero-order valence-corrected chi connectivity index (χ0v) is 10.8. The molecule has 1 aliphatic rings. The molecule has 2 aromatic rings. The van der Waals surface area contributed by atoms with Crippen LogP contribution in [0.3, 0.4) is 0 Å². The van der Waals surface area contributed by atoms with Crippen molar-refractivity contribution in [2.24, 2.45) is 0 Å². The molecule has 19 heavy (non-hydrogen) atoms. The maximum absolute atomic E-state index is 5.82. The molecule has 1 aromatic carbocycles. The molecule has 1 atom stereocenters. The molecule has 2 heterocycles. The van der Waals surface area contributed by atoms with Crippen molar-refractivity contribution in [2.45, 2.75) is 6.10 Å². The summed E-state index contributed by atoms with van der Waals surface area (Å²) in [5.74, 6) is 2.16. The highest BCUT2D eigenvalue weighted by Gasteiger charge is 2.20. The number of nitrogens with zero attached hydrogens (tertiary/aromatic N) is 2. The van der Waals surface area contributed by atoms with Crippen molar-refractivity contribution < 1.29 is 9.47 Å². The van der Waals surface area contributed by atoms with Crippen LogP contribution in [0.1, 0.15) is 0 Å². The van der Waals surface area contributed by atoms with Gasteiger partial charge < -0.3 is 14.8 Å². The molecule has 6 heteroatoms. The molecule has 1 aromatic heterocycles. The summed E-state index contributed by atoms with van der Waals surface area (Å²) >= 11 is 5.76. The summed E-state index contributed by atoms with van der Waals surface area (Å²) in [6.07, 6.45) is 3.03. The highest BCUT2D eigenvalue weighted by atomic mass is 35.5. The van der Waals surface area contributed by atoms with E-state index in [4.69, 9.17) is 21.1 Å². The lowest BCUT2D eigenvalue weighted by atomic mass is 10.2. The van der Waals surface area contributed by atoms with Crippen LogP contribution in [0, 0.1) is 0 Å². The van der Waals surface area contributed by atoms with Crippen LogP contribution >= 0.6 is 11.6 Å². The predicted octanol–water partition coefficient (Wildman–Crippen LogP) is 2.38. The lowest BCUT2D eigenvalue weighted by Crippen LogP contribution is -2.35. The second-order valence-corrected chi connectivity index (χ2v) is 4.49. The third-order valence-electron chi connectivity index (χ3n) is 2.68. The van der Waals surface area contributed by atoms with Gasteiger partial charge in [0.1, 0.15) is 23.7 Å². The number of nitrogens with one attached hydrogen (secondary N) is 1. The monoisotopic (exact) mass is 277 g/mol. The van der Waals surface area contributed by atoms with Crippen LogP contribution in [-0.4, -0.2) is 29.2 Å². The number of hydrogen-bond donors (Lipinski definition) is 1. The largest absolute Gasteiger partial charge is 0.486 e. The molecule has 0 bridgehead atoms. The molecule has 0 saturated heterocycles. The van der Waals surface area contributed by atoms with Gasteiger partial charge in [0.25, 0.3) is 0 Å². The molecular weight excluding hydrogens is 266 g/mol. The second-order valence-electron chi connectivity index (χ2n) is 4.11. The van der Waals surface area contributed by atoms with Crippen LogP contribution < -0.4 is 14.8 Å². The molecule has 0 aliphatic carbocycles. The van der Waals surface area contributed by atoms with Crippen molar-refractivity contribution >= 4 is 17.4 Å². The van der Waals surface area contributed by atoms with Crippen molar-refractivity contribution in [3.8, 4) is 11.5 Å². The molecule has 5 nitrogen and oxygen atoms in total. The molecule has 1 N–H and O–H groups in total. The van der Waals surface area contributed by atoms with E-state index in [9.17, 15) is 0 Å². The number of anilines is 1. The maximum Gasteiger partial charge on any atom is 0.161 e. The number of hydrogen-bond acceptors (Lipinski definition) is 5. The summed E-state index contributed by atoms with van der Waals surface area (Å²) < 4.78 is 11.4. The van der Waals surface area contributed by atoms with Gasteiger partial charge in [-0.2, -0.15) is 0 Å². The molecule has 1 unspecified atom stereocenters. The molecule has 0 fully saturated rings. The van der Waals surface area contributed by atoms with E-state index in [0.717, 1.165) is 11.5 Å². The minimum absolute atomic E-state index is 0.0734. The number of rotatable bonds is 3. The van der Waals surface area contributed by atoms with Crippen molar-refractivity contribution in [1.82, 2.24) is 9.97 Å². The van der Waals surface area contributed by atoms with E-state index in [-0.39, 0.29) is 6.10 Å². The molecule has 3 rings (SSSR count). The summed E-state index contributed by atoms with van der Waals surface area (Å²) in [5, 5.41) is 3.48. The number of benzene rings is 1. The molecule has 1 aliphatic heterocycles. The van der Waals surface area contributed by atoms with Gasteiger partial charge in [0, 0.05) is 0 Å². The molecular formula is C13H12ClN3O2. The predicted molar refractivity (Wildman–Crippen MR) is 71.9 cm³/mol. The molecule has 0 amide bonds. The van der Waals surface area contributed by atoms with Crippen molar-refractivity contribution in [3.63, 3.8) is 0 Å². The fourth-order valence-electron chi connectivity index (χ4n) is 1.81. The highest BCUT2D eigenvalue weighted by molar-refractivity contribution is 6.29. The number of fused-ring (bicyclic) bond motifs is 1. The quantitative estimate of drug-likeness (QED) is 0.933. The molecule has 98 valence electrons. The topological polar surface area (TPSA) is 56.3 Å². The fourth-order valence-corrected chi connectivity index (χ4v) is 1.96. The average Bonchev–Trinajstić information content (AvgIpc) is 2.45. The number of halogens is 1. The minimum Gasteiger partial charge on any atom is -0.486 e. The molecule has 0 radical (unpaired) electrons. The first-order valence-corrected chi connectivity index (χ1v) is 6.29. The first-order chi connectivity index (χ1) is 9.31. The third kappa shape index (κ3) is 2.88. The smallest absolute Gasteiger partial charge is 0.161 e. The Labute approximate surface area is 115 Å². The second kappa shape index (κ2) is 5.32. The molecule has 0 spiro atoms. The van der Waals surface area contributed by atoms with E-state index in [1.165, 1.54) is 6.20 Å². The van der Waals surface area contributed by atoms with Gasteiger partial charge in [-0.1, -0.05) is 23.7 Å². The Bertz CT molecular complexity index is 579. The van der Waals surface area contributed by atoms with Gasteiger partial charge in [-0.05, 0) is 12.1 Å². The van der Waals surface area contributed by atoms with Crippen LogP contribution in [-0.2, 0) is 0 Å². The summed E-state index contributed by atoms with van der Waals surface area (Å²) in [6.45, 7) is 1.07. The van der Waals surface area contributed by atoms with Crippen LogP contribution in [0.5, 0.6) is 11.5 Å². The van der Waals surface area contributed by atoms with Crippen molar-refractivity contribution in [3.05, 3.63) is 41.8 Å². The standard InChI is InChI=1S/C13H12ClN3O2/c14-12-6-15-7-13(17-12)16-5-9-8-18-10-3-1-2-4-11(10)19-9/h1-4,6-7,9H,5,8H2,(H,16,17). The van der Waals surface area contributed by atoms with Gasteiger partial charge in [0.05, 0.1) is 18.9 Å². The van der Waals surface area contributed by atoms with Crippen LogP contribution in [0.15, 0.2) is 36.7 Å². The van der Waals surface area contributed by atoms with Gasteiger partial charge in [0.15, 0.2) is 11.5 Å². The maximum atomic E-state index is 5.82. The van der Waals surface area contributed by atoms with Gasteiger partial charge in [-0.15, -0.1) is 0 Å². The van der Waals surface area contributed by atoms with Gasteiger partial charge in [-0.3, -0.25) is 4.98 Å². The number of para-hydroxylation sites is 2. The number of aromatic nitrogens is 2. The Morgan fingerprint density at radius 2 is 2.11 bits per heavy atom. The van der Waals surface area contributed by atoms with Crippen LogP contribution in [0.2, 0.25) is 5.15 Å². The summed E-state index contributed by atoms with van der Waals surface area (Å²) in [6, 6.07) is 7.62. The van der Waals surface area contributed by atoms with E-state index >= 15 is 0 Å². The normalized spacial score (nSPS) is 17.0. The third-order valence-corrected chi connectivity index (χ3v) is 2.87. The Hall–Kier alpha value is -2.01. The van der Waals surface area contributed by atoms with E-state index in [2.05, 4.69) is 15.3 Å². The Kier molecular flexibility index (Phi) is 3.37. The minimum atomic E-state index is -0.0734. The van der Waals surface area contributed by atoms with Gasteiger partial charge in [-0.25, -0.2) is 4.98 Å². The van der Waals surface area contributed by atoms with Crippen LogP contribution in [0.25, 0.3) is 0 Å². The Morgan fingerprint density at radius 1 is 1.26 bits per heavy atom. The van der Waals surface area contributed by atoms with Crippen LogP contribution in [0.4, 0.5) is 5.82 Å². The van der Waals surface area contributed by atoms with Crippen molar-refractivity contribution in [2.75, 3.05) is 18.5 Å². The zero-order valence-electron chi connectivity index (χ0n) is 10.0. The fraction of sp³-hybridized carbons (Fsp3) is 0.231. The first-order valence-electron chi connectivity index (χ1n) is 5.91. The highest BCUT2D eigenvalue weighted by Crippen LogP contribution is 2.30. The lowest BCUT2D eigenvalue weighted by Gasteiger charge is -2.26. The Morgan fingerprint density at radius 3 is 2.95 bits per heavy atom. The van der Waals surface area contributed by atoms with Gasteiger partial charge in [0.2, 0.25) is 0 Å². The summed E-state index contributed by atoms with van der Waals surface area (Å²) in [5.41, 5.74) is 0.